The summed E-state index contributed by atoms with van der Waals surface area (Å²) in [6.07, 6.45) is 3.22. The van der Waals surface area contributed by atoms with Crippen molar-refractivity contribution in [2.75, 3.05) is 0 Å². The van der Waals surface area contributed by atoms with Crippen LogP contribution in [0.1, 0.15) is 25.7 Å². The number of allylic oxidation sites excluding steroid dienone is 1. The van der Waals surface area contributed by atoms with Gasteiger partial charge >= 0.3 is 0 Å². The maximum atomic E-state index is 10.9. The van der Waals surface area contributed by atoms with Crippen LogP contribution in [0.5, 0.6) is 0 Å². The molecule has 2 nitrogen and oxygen atoms in total. The van der Waals surface area contributed by atoms with Crippen LogP contribution in [0.25, 0.3) is 0 Å². The van der Waals surface area contributed by atoms with Crippen LogP contribution in [0.15, 0.2) is 11.3 Å². The molecule has 0 radical (unpaired) electrons. The molecule has 2 heteroatoms. The maximum absolute atomic E-state index is 10.9. The van der Waals surface area contributed by atoms with Gasteiger partial charge in [-0.1, -0.05) is 0 Å². The van der Waals surface area contributed by atoms with Gasteiger partial charge in [-0.15, -0.1) is 0 Å². The fourth-order valence-corrected chi connectivity index (χ4v) is 1.07. The van der Waals surface area contributed by atoms with Gasteiger partial charge in [0.1, 0.15) is 0 Å². The van der Waals surface area contributed by atoms with E-state index in [2.05, 4.69) is 5.73 Å². The minimum Gasteiger partial charge on any atom is -0.294 e. The summed E-state index contributed by atoms with van der Waals surface area (Å²) < 4.78 is 0. The molecule has 52 valence electrons. The predicted molar refractivity (Wildman–Crippen MR) is 36.2 cm³/mol. The molecule has 0 aliphatic heterocycles. The predicted octanol–water partition coefficient (Wildman–Crippen LogP) is 1.04. The molecular formula is C8H8O2. The molecule has 0 atom stereocenters. The Morgan fingerprint density at radius 2 is 1.90 bits per heavy atom. The molecule has 0 saturated heterocycles. The molecule has 0 spiro atoms. The van der Waals surface area contributed by atoms with Gasteiger partial charge in [0, 0.05) is 12.0 Å². The maximum Gasteiger partial charge on any atom is 0.177 e. The second-order valence-corrected chi connectivity index (χ2v) is 2.34. The van der Waals surface area contributed by atoms with E-state index in [4.69, 9.17) is 0 Å². The highest BCUT2D eigenvalue weighted by molar-refractivity contribution is 5.96. The van der Waals surface area contributed by atoms with Crippen molar-refractivity contribution in [2.24, 2.45) is 0 Å². The average Bonchev–Trinajstić information content (AvgIpc) is 1.94. The largest absolute Gasteiger partial charge is 0.294 e. The van der Waals surface area contributed by atoms with Crippen LogP contribution in [0, 0.1) is 0 Å². The summed E-state index contributed by atoms with van der Waals surface area (Å²) in [5, 5.41) is 0. The third kappa shape index (κ3) is 1.44. The minimum atomic E-state index is 0.0644. The van der Waals surface area contributed by atoms with Gasteiger partial charge in [0.25, 0.3) is 0 Å². The van der Waals surface area contributed by atoms with E-state index in [1.165, 1.54) is 5.94 Å². The van der Waals surface area contributed by atoms with Crippen LogP contribution in [0.3, 0.4) is 0 Å². The summed E-state index contributed by atoms with van der Waals surface area (Å²) in [6, 6.07) is 0. The molecule has 1 aliphatic rings. The fraction of sp³-hybridized carbons (Fsp3) is 0.500. The van der Waals surface area contributed by atoms with Crippen molar-refractivity contribution in [3.63, 3.8) is 0 Å². The van der Waals surface area contributed by atoms with Crippen molar-refractivity contribution in [3.8, 4) is 0 Å². The first-order chi connectivity index (χ1) is 4.84. The van der Waals surface area contributed by atoms with E-state index in [1.807, 2.05) is 0 Å². The third-order valence-corrected chi connectivity index (χ3v) is 1.62. The highest BCUT2D eigenvalue weighted by Gasteiger charge is 2.13. The molecule has 1 fully saturated rings. The first-order valence-electron chi connectivity index (χ1n) is 3.37. The van der Waals surface area contributed by atoms with Crippen LogP contribution >= 0.6 is 0 Å². The number of carbonyl (C=O) groups is 1. The Hall–Kier alpha value is -1.10. The minimum absolute atomic E-state index is 0.0644. The molecule has 0 heterocycles. The molecule has 1 rings (SSSR count). The topological polar surface area (TPSA) is 34.1 Å². The summed E-state index contributed by atoms with van der Waals surface area (Å²) >= 11 is 0. The van der Waals surface area contributed by atoms with Gasteiger partial charge in [-0.3, -0.25) is 4.79 Å². The number of hydrogen-bond donors (Lipinski definition) is 0. The van der Waals surface area contributed by atoms with Gasteiger partial charge in [0.15, 0.2) is 11.7 Å². The lowest BCUT2D eigenvalue weighted by Gasteiger charge is -2.08. The summed E-state index contributed by atoms with van der Waals surface area (Å²) in [5.74, 6) is 1.57. The van der Waals surface area contributed by atoms with Gasteiger partial charge in [0.05, 0.1) is 0 Å². The SMILES string of the molecule is O=C=C=C1CCCCC1=O. The van der Waals surface area contributed by atoms with E-state index in [1.54, 1.807) is 0 Å². The Kier molecular flexibility index (Phi) is 2.22. The van der Waals surface area contributed by atoms with Crippen molar-refractivity contribution in [1.29, 1.82) is 0 Å². The molecule has 10 heavy (non-hydrogen) atoms. The van der Waals surface area contributed by atoms with Gasteiger partial charge < -0.3 is 0 Å². The second-order valence-electron chi connectivity index (χ2n) is 2.34. The van der Waals surface area contributed by atoms with Crippen molar-refractivity contribution >= 4 is 11.7 Å². The van der Waals surface area contributed by atoms with Gasteiger partial charge in [0.2, 0.25) is 0 Å². The quantitative estimate of drug-likeness (QED) is 0.283. The summed E-state index contributed by atoms with van der Waals surface area (Å²) in [4.78, 5) is 20.7. The van der Waals surface area contributed by atoms with E-state index in [0.717, 1.165) is 12.8 Å². The number of rotatable bonds is 0. The average molecular weight is 136 g/mol. The number of hydrogen-bond acceptors (Lipinski definition) is 2. The molecule has 1 aliphatic carbocycles. The van der Waals surface area contributed by atoms with Crippen LogP contribution in [-0.4, -0.2) is 11.7 Å². The molecule has 0 bridgehead atoms. The smallest absolute Gasteiger partial charge is 0.177 e. The van der Waals surface area contributed by atoms with Gasteiger partial charge in [-0.25, -0.2) is 4.79 Å². The number of Topliss-reactive ketones (excluding diaryl/α,β-unsaturated/α-hetero) is 1. The van der Waals surface area contributed by atoms with Crippen molar-refractivity contribution < 1.29 is 9.59 Å². The molecule has 0 aromatic heterocycles. The molecule has 0 unspecified atom stereocenters. The standard InChI is InChI=1S/C8H8O2/c9-6-5-7-3-1-2-4-8(7)10/h1-4H2. The molecule has 1 saturated carbocycles. The van der Waals surface area contributed by atoms with Crippen LogP contribution in [0.4, 0.5) is 0 Å². The molecule has 0 aromatic carbocycles. The zero-order valence-corrected chi connectivity index (χ0v) is 5.64. The van der Waals surface area contributed by atoms with E-state index >= 15 is 0 Å². The second kappa shape index (κ2) is 3.17. The normalized spacial score (nSPS) is 18.0. The highest BCUT2D eigenvalue weighted by Crippen LogP contribution is 2.17. The summed E-state index contributed by atoms with van der Waals surface area (Å²) in [5.41, 5.74) is 2.82. The number of carbonyl (C=O) groups excluding carboxylic acids is 2. The van der Waals surface area contributed by atoms with E-state index in [-0.39, 0.29) is 5.78 Å². The first kappa shape index (κ1) is 7.01. The van der Waals surface area contributed by atoms with E-state index in [9.17, 15) is 9.59 Å². The van der Waals surface area contributed by atoms with Crippen molar-refractivity contribution in [3.05, 3.63) is 11.3 Å². The Balaban J connectivity index is 2.85. The van der Waals surface area contributed by atoms with Crippen LogP contribution in [-0.2, 0) is 9.59 Å². The lowest BCUT2D eigenvalue weighted by atomic mass is 9.94. The van der Waals surface area contributed by atoms with Crippen LogP contribution < -0.4 is 0 Å². The van der Waals surface area contributed by atoms with Crippen molar-refractivity contribution in [1.82, 2.24) is 0 Å². The molecule has 0 amide bonds. The van der Waals surface area contributed by atoms with Crippen LogP contribution in [0.2, 0.25) is 0 Å². The Bertz CT molecular complexity index is 228. The summed E-state index contributed by atoms with van der Waals surface area (Å²) in [6.45, 7) is 0. The fourth-order valence-electron chi connectivity index (χ4n) is 1.07. The zero-order valence-electron chi connectivity index (χ0n) is 5.64. The monoisotopic (exact) mass is 136 g/mol. The van der Waals surface area contributed by atoms with E-state index in [0.29, 0.717) is 18.4 Å². The molecule has 0 aromatic rings. The van der Waals surface area contributed by atoms with Crippen molar-refractivity contribution in [2.45, 2.75) is 25.7 Å². The van der Waals surface area contributed by atoms with E-state index < -0.39 is 0 Å². The lowest BCUT2D eigenvalue weighted by Crippen LogP contribution is -2.07. The molecule has 0 N–H and O–H groups in total. The lowest BCUT2D eigenvalue weighted by molar-refractivity contribution is -0.116. The first-order valence-corrected chi connectivity index (χ1v) is 3.37. The zero-order chi connectivity index (χ0) is 7.40. The Morgan fingerprint density at radius 3 is 2.50 bits per heavy atom. The van der Waals surface area contributed by atoms with Gasteiger partial charge in [-0.2, -0.15) is 0 Å². The summed E-state index contributed by atoms with van der Waals surface area (Å²) in [7, 11) is 0. The molecular weight excluding hydrogens is 128 g/mol. The highest BCUT2D eigenvalue weighted by atomic mass is 16.1. The Labute approximate surface area is 59.2 Å². The van der Waals surface area contributed by atoms with Gasteiger partial charge in [-0.05, 0) is 25.0 Å². The third-order valence-electron chi connectivity index (χ3n) is 1.62. The Morgan fingerprint density at radius 1 is 1.20 bits per heavy atom. The number of ketones is 1.